The highest BCUT2D eigenvalue weighted by Crippen LogP contribution is 2.26. The number of aryl methyl sites for hydroxylation is 2. The highest BCUT2D eigenvalue weighted by atomic mass is 16.5. The number of aromatic nitrogens is 4. The Bertz CT molecular complexity index is 2220. The Balaban J connectivity index is 0.944. The number of rotatable bonds is 15. The lowest BCUT2D eigenvalue weighted by atomic mass is 10.2. The Morgan fingerprint density at radius 3 is 1.80 bits per heavy atom. The van der Waals surface area contributed by atoms with Crippen molar-refractivity contribution in [2.45, 2.75) is 40.2 Å². The van der Waals surface area contributed by atoms with Gasteiger partial charge in [0.05, 0.1) is 24.6 Å². The number of ether oxygens (including phenoxy) is 3. The monoisotopic (exact) mass is 688 g/mol. The second-order valence-electron chi connectivity index (χ2n) is 11.4. The Morgan fingerprint density at radius 2 is 1.29 bits per heavy atom. The molecule has 0 aliphatic carbocycles. The summed E-state index contributed by atoms with van der Waals surface area (Å²) >= 11 is 0. The molecule has 0 aliphatic rings. The maximum Gasteiger partial charge on any atom is 0.328 e. The zero-order valence-corrected chi connectivity index (χ0v) is 27.6. The molecule has 0 atom stereocenters. The van der Waals surface area contributed by atoms with Crippen LogP contribution in [0.1, 0.15) is 39.6 Å². The van der Waals surface area contributed by atoms with E-state index in [2.05, 4.69) is 15.1 Å². The fraction of sp³-hybridized carbons (Fsp3) is 0.158. The molecule has 0 fully saturated rings. The molecule has 0 saturated heterocycles. The van der Waals surface area contributed by atoms with Gasteiger partial charge in [-0.2, -0.15) is 0 Å². The lowest BCUT2D eigenvalue weighted by Gasteiger charge is -2.08. The van der Waals surface area contributed by atoms with Crippen LogP contribution in [0.5, 0.6) is 17.4 Å². The molecular formula is C38H32N4O9. The van der Waals surface area contributed by atoms with E-state index in [1.54, 1.807) is 47.7 Å². The molecule has 0 bridgehead atoms. The molecule has 0 radical (unpaired) electrons. The molecular weight excluding hydrogens is 656 g/mol. The van der Waals surface area contributed by atoms with Crippen LogP contribution in [0, 0.1) is 13.8 Å². The third-order valence-electron chi connectivity index (χ3n) is 7.73. The van der Waals surface area contributed by atoms with Crippen molar-refractivity contribution >= 4 is 12.0 Å². The van der Waals surface area contributed by atoms with Crippen molar-refractivity contribution < 1.29 is 41.8 Å². The number of oxazole rings is 2. The molecule has 13 heteroatoms. The number of carboxylic acids is 1. The first-order valence-corrected chi connectivity index (χ1v) is 15.9. The average Bonchev–Trinajstić information content (AvgIpc) is 3.98. The van der Waals surface area contributed by atoms with Gasteiger partial charge in [-0.05, 0) is 79.6 Å². The number of aliphatic carboxylic acids is 1. The van der Waals surface area contributed by atoms with Gasteiger partial charge in [-0.1, -0.05) is 24.3 Å². The van der Waals surface area contributed by atoms with Gasteiger partial charge in [0.25, 0.3) is 11.8 Å². The predicted octanol–water partition coefficient (Wildman–Crippen LogP) is 7.88. The van der Waals surface area contributed by atoms with E-state index in [1.807, 2.05) is 62.4 Å². The van der Waals surface area contributed by atoms with Gasteiger partial charge in [0, 0.05) is 12.3 Å². The fourth-order valence-corrected chi connectivity index (χ4v) is 5.04. The van der Waals surface area contributed by atoms with E-state index in [0.717, 1.165) is 17.2 Å². The van der Waals surface area contributed by atoms with Crippen LogP contribution >= 0.6 is 0 Å². The van der Waals surface area contributed by atoms with Crippen LogP contribution in [0.4, 0.5) is 0 Å². The van der Waals surface area contributed by atoms with Crippen LogP contribution in [0.3, 0.4) is 0 Å². The topological polar surface area (TPSA) is 161 Å². The van der Waals surface area contributed by atoms with Crippen molar-refractivity contribution in [1.82, 2.24) is 19.7 Å². The number of nitrogens with zero attached hydrogens (tertiary/aromatic N) is 4. The van der Waals surface area contributed by atoms with E-state index in [9.17, 15) is 9.90 Å². The number of benzene rings is 2. The summed E-state index contributed by atoms with van der Waals surface area (Å²) < 4.78 is 41.7. The van der Waals surface area contributed by atoms with Gasteiger partial charge in [-0.25, -0.2) is 14.8 Å². The van der Waals surface area contributed by atoms with Gasteiger partial charge in [0.2, 0.25) is 5.88 Å². The van der Waals surface area contributed by atoms with E-state index < -0.39 is 5.97 Å². The molecule has 7 aromatic rings. The molecule has 7 rings (SSSR count). The quantitative estimate of drug-likeness (QED) is 0.104. The van der Waals surface area contributed by atoms with E-state index >= 15 is 0 Å². The SMILES string of the molecule is Cc1oc(-c2ccco2)nc1COc1ccc(COc2nn(Cc3ccc(OCc4nc(-c5ccco5)oc4C)cc3)cc2C=CC(=O)O)cc1. The summed E-state index contributed by atoms with van der Waals surface area (Å²) in [5.41, 5.74) is 3.72. The van der Waals surface area contributed by atoms with Crippen molar-refractivity contribution in [3.63, 3.8) is 0 Å². The molecule has 5 aromatic heterocycles. The van der Waals surface area contributed by atoms with Crippen LogP contribution in [0.2, 0.25) is 0 Å². The van der Waals surface area contributed by atoms with E-state index in [0.29, 0.717) is 75.7 Å². The number of carbonyl (C=O) groups is 1. The smallest absolute Gasteiger partial charge is 0.328 e. The van der Waals surface area contributed by atoms with Gasteiger partial charge < -0.3 is 37.0 Å². The summed E-state index contributed by atoms with van der Waals surface area (Å²) in [6.45, 7) is 4.76. The largest absolute Gasteiger partial charge is 0.487 e. The van der Waals surface area contributed by atoms with E-state index in [4.69, 9.17) is 31.9 Å². The minimum atomic E-state index is -1.07. The number of hydrogen-bond donors (Lipinski definition) is 1. The Hall–Kier alpha value is -6.76. The maximum atomic E-state index is 11.3. The van der Waals surface area contributed by atoms with E-state index in [1.165, 1.54) is 6.08 Å². The van der Waals surface area contributed by atoms with Crippen LogP contribution in [0.15, 0.2) is 115 Å². The van der Waals surface area contributed by atoms with E-state index in [-0.39, 0.29) is 19.8 Å². The van der Waals surface area contributed by atoms with Crippen molar-refractivity contribution in [1.29, 1.82) is 0 Å². The summed E-state index contributed by atoms with van der Waals surface area (Å²) in [5, 5.41) is 13.8. The summed E-state index contributed by atoms with van der Waals surface area (Å²) in [5.74, 6) is 3.78. The second kappa shape index (κ2) is 14.8. The average molecular weight is 689 g/mol. The standard InChI is InChI=1S/C38H32N4O9/c1-24-31(39-37(50-24)33-5-3-17-45-33)22-47-29-12-7-26(8-13-29)19-42-20-28(11-16-35(43)44)36(41-42)49-21-27-9-14-30(15-10-27)48-23-32-25(2)51-38(40-32)34-6-4-18-46-34/h3-18,20H,19,21-23H2,1-2H3,(H,43,44). The third kappa shape index (κ3) is 8.11. The number of hydrogen-bond acceptors (Lipinski definition) is 11. The van der Waals surface area contributed by atoms with Crippen molar-refractivity contribution in [3.05, 3.63) is 137 Å². The minimum absolute atomic E-state index is 0.208. The lowest BCUT2D eigenvalue weighted by Crippen LogP contribution is -2.02. The van der Waals surface area contributed by atoms with Crippen LogP contribution < -0.4 is 14.2 Å². The first-order chi connectivity index (χ1) is 24.9. The molecule has 0 unspecified atom stereocenters. The van der Waals surface area contributed by atoms with Crippen LogP contribution in [-0.2, 0) is 31.2 Å². The van der Waals surface area contributed by atoms with Gasteiger partial charge >= 0.3 is 5.97 Å². The summed E-state index contributed by atoms with van der Waals surface area (Å²) in [7, 11) is 0. The number of carboxylic acid groups (broad SMARTS) is 1. The first-order valence-electron chi connectivity index (χ1n) is 15.9. The van der Waals surface area contributed by atoms with Gasteiger partial charge in [-0.3, -0.25) is 4.68 Å². The normalized spacial score (nSPS) is 11.3. The molecule has 0 amide bonds. The third-order valence-corrected chi connectivity index (χ3v) is 7.73. The fourth-order valence-electron chi connectivity index (χ4n) is 5.04. The van der Waals surface area contributed by atoms with Gasteiger partial charge in [0.15, 0.2) is 11.5 Å². The molecule has 5 heterocycles. The van der Waals surface area contributed by atoms with Crippen molar-refractivity contribution in [3.8, 4) is 40.7 Å². The summed E-state index contributed by atoms with van der Waals surface area (Å²) in [6, 6.07) is 22.1. The van der Waals surface area contributed by atoms with Crippen LogP contribution in [-0.4, -0.2) is 30.8 Å². The Labute approximate surface area is 291 Å². The highest BCUT2D eigenvalue weighted by molar-refractivity contribution is 5.85. The molecule has 13 nitrogen and oxygen atoms in total. The van der Waals surface area contributed by atoms with Gasteiger partial charge in [0.1, 0.15) is 54.2 Å². The molecule has 258 valence electrons. The molecule has 0 saturated carbocycles. The van der Waals surface area contributed by atoms with Gasteiger partial charge in [-0.15, -0.1) is 5.10 Å². The first kappa shape index (κ1) is 32.8. The Kier molecular flexibility index (Phi) is 9.50. The molecule has 2 aromatic carbocycles. The molecule has 0 aliphatic heterocycles. The summed E-state index contributed by atoms with van der Waals surface area (Å²) in [4.78, 5) is 20.2. The predicted molar refractivity (Wildman–Crippen MR) is 182 cm³/mol. The second-order valence-corrected chi connectivity index (χ2v) is 11.4. The molecule has 0 spiro atoms. The highest BCUT2D eigenvalue weighted by Gasteiger charge is 2.16. The molecule has 51 heavy (non-hydrogen) atoms. The van der Waals surface area contributed by atoms with Crippen molar-refractivity contribution in [2.24, 2.45) is 0 Å². The zero-order valence-electron chi connectivity index (χ0n) is 27.6. The zero-order chi connectivity index (χ0) is 35.2. The Morgan fingerprint density at radius 1 is 0.745 bits per heavy atom. The maximum absolute atomic E-state index is 11.3. The van der Waals surface area contributed by atoms with Crippen molar-refractivity contribution in [2.75, 3.05) is 0 Å². The van der Waals surface area contributed by atoms with Crippen LogP contribution in [0.25, 0.3) is 29.4 Å². The lowest BCUT2D eigenvalue weighted by molar-refractivity contribution is -0.131. The minimum Gasteiger partial charge on any atom is -0.487 e. The molecule has 1 N–H and O–H groups in total. The summed E-state index contributed by atoms with van der Waals surface area (Å²) in [6.07, 6.45) is 7.38. The number of furan rings is 2.